The molecule has 0 aliphatic rings. The lowest BCUT2D eigenvalue weighted by Crippen LogP contribution is -2.18. The summed E-state index contributed by atoms with van der Waals surface area (Å²) in [6.07, 6.45) is -4.68. The van der Waals surface area contributed by atoms with E-state index in [4.69, 9.17) is 0 Å². The van der Waals surface area contributed by atoms with E-state index in [-0.39, 0.29) is 16.6 Å². The van der Waals surface area contributed by atoms with E-state index < -0.39 is 34.9 Å². The van der Waals surface area contributed by atoms with Gasteiger partial charge >= 0.3 is 6.18 Å². The first-order valence-electron chi connectivity index (χ1n) is 8.22. The number of carbonyl (C=O) groups excluding carboxylic acids is 2. The third-order valence-corrected chi connectivity index (χ3v) is 5.55. The first-order chi connectivity index (χ1) is 14.2. The van der Waals surface area contributed by atoms with E-state index in [1.54, 1.807) is 6.07 Å². The van der Waals surface area contributed by atoms with Gasteiger partial charge in [-0.2, -0.15) is 13.2 Å². The molecule has 1 aromatic heterocycles. The predicted octanol–water partition coefficient (Wildman–Crippen LogP) is 4.68. The number of carbonyl (C=O) groups is 2. The smallest absolute Gasteiger partial charge is 0.323 e. The van der Waals surface area contributed by atoms with Crippen LogP contribution in [0.4, 0.5) is 28.4 Å². The van der Waals surface area contributed by atoms with Gasteiger partial charge in [0.25, 0.3) is 5.91 Å². The number of rotatable bonds is 6. The highest BCUT2D eigenvalue weighted by molar-refractivity contribution is 8.01. The van der Waals surface area contributed by atoms with Gasteiger partial charge in [-0.3, -0.25) is 14.9 Å². The second-order valence-electron chi connectivity index (χ2n) is 5.69. The molecule has 2 amide bonds. The molecule has 0 saturated carbocycles. The van der Waals surface area contributed by atoms with Crippen LogP contribution in [0.3, 0.4) is 0 Å². The minimum atomic E-state index is -4.68. The number of amides is 2. The summed E-state index contributed by atoms with van der Waals surface area (Å²) in [6.45, 7) is 0. The van der Waals surface area contributed by atoms with Crippen molar-refractivity contribution in [3.05, 3.63) is 65.5 Å². The van der Waals surface area contributed by atoms with Crippen molar-refractivity contribution in [1.29, 1.82) is 0 Å². The van der Waals surface area contributed by atoms with Crippen molar-refractivity contribution in [1.82, 2.24) is 10.2 Å². The first-order valence-corrected chi connectivity index (χ1v) is 10.0. The summed E-state index contributed by atoms with van der Waals surface area (Å²) in [6, 6.07) is 10.1. The highest BCUT2D eigenvalue weighted by Crippen LogP contribution is 2.32. The standard InChI is InChI=1S/C18H12F4N4O2S2/c19-12-7-3-4-8-13(12)23-14(27)9-29-17-26-25-16(30-17)24-15(28)10-5-1-2-6-11(10)18(20,21)22/h1-8H,9H2,(H,23,27)(H,24,25,28). The van der Waals surface area contributed by atoms with Crippen LogP contribution in [0.1, 0.15) is 15.9 Å². The molecule has 0 bridgehead atoms. The van der Waals surface area contributed by atoms with Gasteiger partial charge in [-0.25, -0.2) is 4.39 Å². The summed E-state index contributed by atoms with van der Waals surface area (Å²) >= 11 is 1.88. The minimum Gasteiger partial charge on any atom is -0.323 e. The molecule has 0 unspecified atom stereocenters. The van der Waals surface area contributed by atoms with Crippen molar-refractivity contribution in [2.24, 2.45) is 0 Å². The molecule has 0 aliphatic heterocycles. The molecule has 30 heavy (non-hydrogen) atoms. The van der Waals surface area contributed by atoms with Crippen LogP contribution in [0.5, 0.6) is 0 Å². The predicted molar refractivity (Wildman–Crippen MR) is 105 cm³/mol. The van der Waals surface area contributed by atoms with Crippen LogP contribution in [0.15, 0.2) is 52.9 Å². The number of para-hydroxylation sites is 1. The van der Waals surface area contributed by atoms with Crippen LogP contribution >= 0.6 is 23.1 Å². The van der Waals surface area contributed by atoms with Crippen LogP contribution in [0.25, 0.3) is 0 Å². The van der Waals surface area contributed by atoms with Gasteiger partial charge in [0.1, 0.15) is 5.82 Å². The average Bonchev–Trinajstić information content (AvgIpc) is 3.15. The summed E-state index contributed by atoms with van der Waals surface area (Å²) in [5.74, 6) is -2.14. The van der Waals surface area contributed by atoms with Gasteiger partial charge in [0, 0.05) is 0 Å². The Kier molecular flexibility index (Phi) is 6.67. The molecule has 156 valence electrons. The average molecular weight is 456 g/mol. The van der Waals surface area contributed by atoms with Gasteiger partial charge in [-0.05, 0) is 24.3 Å². The fourth-order valence-corrected chi connectivity index (χ4v) is 3.83. The van der Waals surface area contributed by atoms with Crippen molar-refractivity contribution < 1.29 is 27.2 Å². The molecule has 2 aromatic carbocycles. The maximum absolute atomic E-state index is 13.5. The van der Waals surface area contributed by atoms with Gasteiger partial charge < -0.3 is 5.32 Å². The van der Waals surface area contributed by atoms with Gasteiger partial charge in [0.15, 0.2) is 4.34 Å². The second kappa shape index (κ2) is 9.22. The molecule has 0 fully saturated rings. The number of halogens is 4. The highest BCUT2D eigenvalue weighted by atomic mass is 32.2. The Balaban J connectivity index is 1.59. The summed E-state index contributed by atoms with van der Waals surface area (Å²) in [7, 11) is 0. The third kappa shape index (κ3) is 5.54. The van der Waals surface area contributed by atoms with E-state index in [0.29, 0.717) is 4.34 Å². The zero-order chi connectivity index (χ0) is 21.7. The van der Waals surface area contributed by atoms with E-state index in [1.165, 1.54) is 30.3 Å². The molecule has 0 atom stereocenters. The molecule has 0 radical (unpaired) electrons. The van der Waals surface area contributed by atoms with Crippen LogP contribution in [-0.4, -0.2) is 27.8 Å². The van der Waals surface area contributed by atoms with Crippen LogP contribution in [0, 0.1) is 5.82 Å². The normalized spacial score (nSPS) is 11.2. The monoisotopic (exact) mass is 456 g/mol. The Bertz CT molecular complexity index is 1070. The molecule has 3 rings (SSSR count). The molecule has 6 nitrogen and oxygen atoms in total. The summed E-state index contributed by atoms with van der Waals surface area (Å²) in [5, 5.41) is 12.1. The summed E-state index contributed by atoms with van der Waals surface area (Å²) in [5.41, 5.74) is -1.57. The van der Waals surface area contributed by atoms with Gasteiger partial charge in [0.05, 0.1) is 22.6 Å². The molecule has 2 N–H and O–H groups in total. The minimum absolute atomic E-state index is 0.0195. The number of hydrogen-bond acceptors (Lipinski definition) is 6. The number of nitrogens with one attached hydrogen (secondary N) is 2. The van der Waals surface area contributed by atoms with E-state index in [0.717, 1.165) is 35.2 Å². The molecule has 1 heterocycles. The summed E-state index contributed by atoms with van der Waals surface area (Å²) < 4.78 is 52.9. The zero-order valence-corrected chi connectivity index (χ0v) is 16.5. The Morgan fingerprint density at radius 2 is 1.70 bits per heavy atom. The van der Waals surface area contributed by atoms with Crippen molar-refractivity contribution in [3.63, 3.8) is 0 Å². The Hall–Kier alpha value is -2.99. The van der Waals surface area contributed by atoms with E-state index in [1.807, 2.05) is 0 Å². The number of aromatic nitrogens is 2. The van der Waals surface area contributed by atoms with Crippen molar-refractivity contribution in [3.8, 4) is 0 Å². The number of thioether (sulfide) groups is 1. The molecule has 3 aromatic rings. The second-order valence-corrected chi connectivity index (χ2v) is 7.89. The lowest BCUT2D eigenvalue weighted by atomic mass is 10.1. The van der Waals surface area contributed by atoms with Gasteiger partial charge in [0.2, 0.25) is 11.0 Å². The molecule has 0 aliphatic carbocycles. The van der Waals surface area contributed by atoms with Crippen molar-refractivity contribution in [2.45, 2.75) is 10.5 Å². The van der Waals surface area contributed by atoms with Gasteiger partial charge in [-0.15, -0.1) is 10.2 Å². The maximum atomic E-state index is 13.5. The largest absolute Gasteiger partial charge is 0.417 e. The van der Waals surface area contributed by atoms with Crippen LogP contribution in [0.2, 0.25) is 0 Å². The third-order valence-electron chi connectivity index (χ3n) is 3.58. The first kappa shape index (κ1) is 21.7. The Labute approximate surface area is 175 Å². The highest BCUT2D eigenvalue weighted by Gasteiger charge is 2.35. The van der Waals surface area contributed by atoms with Crippen LogP contribution in [-0.2, 0) is 11.0 Å². The lowest BCUT2D eigenvalue weighted by molar-refractivity contribution is -0.137. The van der Waals surface area contributed by atoms with Crippen molar-refractivity contribution >= 4 is 45.7 Å². The maximum Gasteiger partial charge on any atom is 0.417 e. The lowest BCUT2D eigenvalue weighted by Gasteiger charge is -2.11. The zero-order valence-electron chi connectivity index (χ0n) is 14.9. The van der Waals surface area contributed by atoms with Crippen molar-refractivity contribution in [2.75, 3.05) is 16.4 Å². The Morgan fingerprint density at radius 1 is 1.00 bits per heavy atom. The Morgan fingerprint density at radius 3 is 2.43 bits per heavy atom. The van der Waals surface area contributed by atoms with Gasteiger partial charge in [-0.1, -0.05) is 47.4 Å². The number of hydrogen-bond donors (Lipinski definition) is 2. The fourth-order valence-electron chi connectivity index (χ4n) is 2.29. The van der Waals surface area contributed by atoms with Crippen LogP contribution < -0.4 is 10.6 Å². The SMILES string of the molecule is O=C(CSc1nnc(NC(=O)c2ccccc2C(F)(F)F)s1)Nc1ccccc1F. The molecule has 0 spiro atoms. The number of alkyl halides is 3. The molecular weight excluding hydrogens is 444 g/mol. The topological polar surface area (TPSA) is 84.0 Å². The number of anilines is 2. The molecule has 0 saturated heterocycles. The molecule has 12 heteroatoms. The quantitative estimate of drug-likeness (QED) is 0.320. The fraction of sp³-hybridized carbons (Fsp3) is 0.111. The number of benzene rings is 2. The number of nitrogens with zero attached hydrogens (tertiary/aromatic N) is 2. The van der Waals surface area contributed by atoms with E-state index in [9.17, 15) is 27.2 Å². The van der Waals surface area contributed by atoms with E-state index >= 15 is 0 Å². The summed E-state index contributed by atoms with van der Waals surface area (Å²) in [4.78, 5) is 24.1. The molecular formula is C18H12F4N4O2S2. The van der Waals surface area contributed by atoms with E-state index in [2.05, 4.69) is 20.8 Å².